The molecule has 1 aromatic rings. The molecule has 18 heavy (non-hydrogen) atoms. The van der Waals surface area contributed by atoms with E-state index in [-0.39, 0.29) is 6.04 Å². The summed E-state index contributed by atoms with van der Waals surface area (Å²) in [5.74, 6) is 0. The highest BCUT2D eigenvalue weighted by atomic mass is 15.0. The van der Waals surface area contributed by atoms with Crippen LogP contribution in [0.3, 0.4) is 0 Å². The fraction of sp³-hybridized carbons (Fsp3) is 0.625. The van der Waals surface area contributed by atoms with E-state index in [0.717, 1.165) is 6.42 Å². The molecule has 0 amide bonds. The second-order valence-corrected chi connectivity index (χ2v) is 6.47. The van der Waals surface area contributed by atoms with E-state index in [1.165, 1.54) is 30.4 Å². The summed E-state index contributed by atoms with van der Waals surface area (Å²) in [6.45, 7) is 4.60. The number of nitrogens with two attached hydrogens (primary N) is 1. The van der Waals surface area contributed by atoms with Crippen LogP contribution in [0.5, 0.6) is 0 Å². The van der Waals surface area contributed by atoms with Gasteiger partial charge in [0, 0.05) is 18.1 Å². The molecule has 1 aliphatic carbocycles. The summed E-state index contributed by atoms with van der Waals surface area (Å²) in [5.41, 5.74) is 9.55. The third kappa shape index (κ3) is 2.19. The van der Waals surface area contributed by atoms with E-state index in [4.69, 9.17) is 5.73 Å². The fourth-order valence-electron chi connectivity index (χ4n) is 3.03. The normalized spacial score (nSPS) is 34.3. The van der Waals surface area contributed by atoms with Gasteiger partial charge in [-0.2, -0.15) is 0 Å². The summed E-state index contributed by atoms with van der Waals surface area (Å²) in [6, 6.07) is 10.3. The van der Waals surface area contributed by atoms with Crippen LogP contribution < -0.4 is 11.1 Å². The number of rotatable bonds is 2. The Balaban J connectivity index is 1.79. The standard InChI is InChI=1S/C16H24N2/c1-11-3-8-14(17)15(18-11)12-4-6-13(7-5-12)16(2)9-10-16/h4-7,11,14-15,18H,3,8-10,17H2,1-2H3. The van der Waals surface area contributed by atoms with Crippen LogP contribution in [0.4, 0.5) is 0 Å². The van der Waals surface area contributed by atoms with Gasteiger partial charge in [-0.3, -0.25) is 0 Å². The van der Waals surface area contributed by atoms with Crippen molar-refractivity contribution in [2.45, 2.75) is 63.1 Å². The minimum Gasteiger partial charge on any atom is -0.326 e. The lowest BCUT2D eigenvalue weighted by Crippen LogP contribution is -2.46. The Morgan fingerprint density at radius 1 is 1.17 bits per heavy atom. The summed E-state index contributed by atoms with van der Waals surface area (Å²) >= 11 is 0. The molecular weight excluding hydrogens is 220 g/mol. The van der Waals surface area contributed by atoms with Crippen molar-refractivity contribution in [3.8, 4) is 0 Å². The molecule has 1 heterocycles. The summed E-state index contributed by atoms with van der Waals surface area (Å²) in [7, 11) is 0. The van der Waals surface area contributed by atoms with Gasteiger partial charge in [-0.15, -0.1) is 0 Å². The van der Waals surface area contributed by atoms with Crippen LogP contribution >= 0.6 is 0 Å². The van der Waals surface area contributed by atoms with Gasteiger partial charge in [0.05, 0.1) is 0 Å². The van der Waals surface area contributed by atoms with Crippen LogP contribution in [0.2, 0.25) is 0 Å². The molecule has 2 nitrogen and oxygen atoms in total. The van der Waals surface area contributed by atoms with Crippen molar-refractivity contribution in [2.24, 2.45) is 5.73 Å². The minimum atomic E-state index is 0.253. The van der Waals surface area contributed by atoms with Gasteiger partial charge >= 0.3 is 0 Å². The van der Waals surface area contributed by atoms with Crippen molar-refractivity contribution in [2.75, 3.05) is 0 Å². The average Bonchev–Trinajstić information content (AvgIpc) is 3.12. The van der Waals surface area contributed by atoms with Crippen LogP contribution in [-0.2, 0) is 5.41 Å². The first kappa shape index (κ1) is 12.2. The Labute approximate surface area is 110 Å². The van der Waals surface area contributed by atoms with Gasteiger partial charge in [0.2, 0.25) is 0 Å². The molecule has 98 valence electrons. The maximum atomic E-state index is 6.25. The first-order valence-corrected chi connectivity index (χ1v) is 7.21. The Morgan fingerprint density at radius 2 is 1.83 bits per heavy atom. The van der Waals surface area contributed by atoms with Gasteiger partial charge in [-0.1, -0.05) is 31.2 Å². The van der Waals surface area contributed by atoms with E-state index in [0.29, 0.717) is 17.5 Å². The van der Waals surface area contributed by atoms with Crippen LogP contribution in [0.25, 0.3) is 0 Å². The number of hydrogen-bond donors (Lipinski definition) is 2. The molecule has 3 unspecified atom stereocenters. The van der Waals surface area contributed by atoms with E-state index in [1.807, 2.05) is 0 Å². The monoisotopic (exact) mass is 244 g/mol. The van der Waals surface area contributed by atoms with Gasteiger partial charge in [-0.25, -0.2) is 0 Å². The maximum absolute atomic E-state index is 6.25. The molecule has 2 fully saturated rings. The highest BCUT2D eigenvalue weighted by molar-refractivity contribution is 5.34. The maximum Gasteiger partial charge on any atom is 0.0475 e. The lowest BCUT2D eigenvalue weighted by atomic mass is 9.88. The molecule has 3 atom stereocenters. The van der Waals surface area contributed by atoms with E-state index in [9.17, 15) is 0 Å². The second kappa shape index (κ2) is 4.36. The predicted octanol–water partition coefficient (Wildman–Crippen LogP) is 2.88. The largest absolute Gasteiger partial charge is 0.326 e. The zero-order valence-electron chi connectivity index (χ0n) is 11.4. The molecule has 3 N–H and O–H groups in total. The third-order valence-electron chi connectivity index (χ3n) is 4.79. The first-order chi connectivity index (χ1) is 8.58. The molecule has 2 heteroatoms. The highest BCUT2D eigenvalue weighted by Gasteiger charge is 2.38. The smallest absolute Gasteiger partial charge is 0.0475 e. The predicted molar refractivity (Wildman–Crippen MR) is 75.6 cm³/mol. The summed E-state index contributed by atoms with van der Waals surface area (Å²) < 4.78 is 0. The quantitative estimate of drug-likeness (QED) is 0.839. The molecule has 1 aliphatic heterocycles. The van der Waals surface area contributed by atoms with Crippen molar-refractivity contribution in [1.82, 2.24) is 5.32 Å². The molecule has 3 rings (SSSR count). The summed E-state index contributed by atoms with van der Waals surface area (Å²) in [6.07, 6.45) is 4.99. The molecule has 1 saturated carbocycles. The van der Waals surface area contributed by atoms with Gasteiger partial charge in [-0.05, 0) is 49.1 Å². The number of hydrogen-bond acceptors (Lipinski definition) is 2. The Kier molecular flexibility index (Phi) is 2.95. The average molecular weight is 244 g/mol. The van der Waals surface area contributed by atoms with E-state index in [2.05, 4.69) is 43.4 Å². The van der Waals surface area contributed by atoms with Gasteiger partial charge in [0.25, 0.3) is 0 Å². The summed E-state index contributed by atoms with van der Waals surface area (Å²) in [5, 5.41) is 3.63. The van der Waals surface area contributed by atoms with E-state index in [1.54, 1.807) is 0 Å². The minimum absolute atomic E-state index is 0.253. The van der Waals surface area contributed by atoms with E-state index >= 15 is 0 Å². The Bertz CT molecular complexity index is 419. The van der Waals surface area contributed by atoms with Gasteiger partial charge in [0.1, 0.15) is 0 Å². The molecule has 0 bridgehead atoms. The SMILES string of the molecule is CC1CCC(N)C(c2ccc(C3(C)CC3)cc2)N1. The summed E-state index contributed by atoms with van der Waals surface area (Å²) in [4.78, 5) is 0. The van der Waals surface area contributed by atoms with E-state index < -0.39 is 0 Å². The molecule has 0 aromatic heterocycles. The Morgan fingerprint density at radius 3 is 2.44 bits per heavy atom. The first-order valence-electron chi connectivity index (χ1n) is 7.21. The van der Waals surface area contributed by atoms with Crippen molar-refractivity contribution in [3.05, 3.63) is 35.4 Å². The van der Waals surface area contributed by atoms with Crippen molar-refractivity contribution >= 4 is 0 Å². The van der Waals surface area contributed by atoms with Crippen molar-refractivity contribution < 1.29 is 0 Å². The molecular formula is C16H24N2. The van der Waals surface area contributed by atoms with Crippen LogP contribution in [0, 0.1) is 0 Å². The molecule has 2 aliphatic rings. The van der Waals surface area contributed by atoms with Crippen LogP contribution in [0.15, 0.2) is 24.3 Å². The molecule has 1 saturated heterocycles. The number of benzene rings is 1. The molecule has 0 radical (unpaired) electrons. The van der Waals surface area contributed by atoms with Crippen molar-refractivity contribution in [1.29, 1.82) is 0 Å². The lowest BCUT2D eigenvalue weighted by molar-refractivity contribution is 0.301. The van der Waals surface area contributed by atoms with Crippen LogP contribution in [-0.4, -0.2) is 12.1 Å². The third-order valence-corrected chi connectivity index (χ3v) is 4.79. The van der Waals surface area contributed by atoms with Crippen molar-refractivity contribution in [3.63, 3.8) is 0 Å². The number of piperidine rings is 1. The lowest BCUT2D eigenvalue weighted by Gasteiger charge is -2.34. The van der Waals surface area contributed by atoms with Gasteiger partial charge in [0.15, 0.2) is 0 Å². The van der Waals surface area contributed by atoms with Gasteiger partial charge < -0.3 is 11.1 Å². The zero-order chi connectivity index (χ0) is 12.8. The topological polar surface area (TPSA) is 38.0 Å². The zero-order valence-corrected chi connectivity index (χ0v) is 11.4. The fourth-order valence-corrected chi connectivity index (χ4v) is 3.03. The highest BCUT2D eigenvalue weighted by Crippen LogP contribution is 2.47. The molecule has 0 spiro atoms. The number of nitrogens with one attached hydrogen (secondary N) is 1. The Hall–Kier alpha value is -0.860. The second-order valence-electron chi connectivity index (χ2n) is 6.47. The molecule has 1 aromatic carbocycles. The van der Waals surface area contributed by atoms with Crippen LogP contribution in [0.1, 0.15) is 56.7 Å².